The molecule has 0 saturated heterocycles. The van der Waals surface area contributed by atoms with Gasteiger partial charge >= 0.3 is 0 Å². The number of hydrogen-bond donors (Lipinski definition) is 0. The third kappa shape index (κ3) is 1.22. The summed E-state index contributed by atoms with van der Waals surface area (Å²) in [4.78, 5) is 10.4. The van der Waals surface area contributed by atoms with E-state index in [2.05, 4.69) is 0 Å². The van der Waals surface area contributed by atoms with E-state index < -0.39 is 0 Å². The van der Waals surface area contributed by atoms with Crippen molar-refractivity contribution in [2.75, 3.05) is 0 Å². The maximum atomic E-state index is 10.4. The second-order valence-corrected chi connectivity index (χ2v) is 2.43. The SMILES string of the molecule is O=C(Cl)[C]1CCCC1. The monoisotopic (exact) mass is 131 g/mol. The van der Waals surface area contributed by atoms with Crippen molar-refractivity contribution in [3.05, 3.63) is 5.92 Å². The van der Waals surface area contributed by atoms with Crippen molar-refractivity contribution < 1.29 is 4.79 Å². The molecule has 0 N–H and O–H groups in total. The molecule has 45 valence electrons. The van der Waals surface area contributed by atoms with Crippen molar-refractivity contribution in [3.8, 4) is 0 Å². The normalized spacial score (nSPS) is 21.6. The van der Waals surface area contributed by atoms with E-state index in [9.17, 15) is 4.79 Å². The van der Waals surface area contributed by atoms with E-state index in [1.807, 2.05) is 0 Å². The zero-order chi connectivity index (χ0) is 5.98. The molecule has 1 nitrogen and oxygen atoms in total. The van der Waals surface area contributed by atoms with Crippen LogP contribution in [0.1, 0.15) is 25.7 Å². The maximum Gasteiger partial charge on any atom is 0.228 e. The molecule has 1 fully saturated rings. The Morgan fingerprint density at radius 2 is 1.88 bits per heavy atom. The molecule has 0 aromatic heterocycles. The van der Waals surface area contributed by atoms with Crippen LogP contribution in [0.4, 0.5) is 0 Å². The Morgan fingerprint density at radius 3 is 2.12 bits per heavy atom. The van der Waals surface area contributed by atoms with Crippen molar-refractivity contribution >= 4 is 16.8 Å². The van der Waals surface area contributed by atoms with Gasteiger partial charge in [0, 0.05) is 0 Å². The quantitative estimate of drug-likeness (QED) is 0.497. The molecule has 0 heterocycles. The molecule has 0 unspecified atom stereocenters. The molecule has 2 heteroatoms. The molecule has 0 amide bonds. The molecule has 0 atom stereocenters. The van der Waals surface area contributed by atoms with Crippen LogP contribution < -0.4 is 0 Å². The predicted octanol–water partition coefficient (Wildman–Crippen LogP) is 1.90. The van der Waals surface area contributed by atoms with E-state index in [-0.39, 0.29) is 5.24 Å². The molecule has 1 aliphatic rings. The first-order chi connectivity index (χ1) is 3.80. The molecule has 0 aliphatic heterocycles. The van der Waals surface area contributed by atoms with E-state index in [1.165, 1.54) is 0 Å². The Kier molecular flexibility index (Phi) is 1.90. The third-order valence-corrected chi connectivity index (χ3v) is 1.75. The minimum atomic E-state index is -0.220. The summed E-state index contributed by atoms with van der Waals surface area (Å²) in [7, 11) is 0. The van der Waals surface area contributed by atoms with E-state index in [0.717, 1.165) is 31.6 Å². The number of halogens is 1. The molecule has 0 bridgehead atoms. The van der Waals surface area contributed by atoms with Gasteiger partial charge in [-0.05, 0) is 24.4 Å². The Hall–Kier alpha value is -0.0400. The van der Waals surface area contributed by atoms with Crippen LogP contribution in [-0.2, 0) is 4.79 Å². The lowest BCUT2D eigenvalue weighted by atomic mass is 10.1. The Morgan fingerprint density at radius 1 is 1.38 bits per heavy atom. The van der Waals surface area contributed by atoms with Gasteiger partial charge in [0.25, 0.3) is 0 Å². The van der Waals surface area contributed by atoms with Crippen molar-refractivity contribution in [3.63, 3.8) is 0 Å². The van der Waals surface area contributed by atoms with Crippen LogP contribution in [-0.4, -0.2) is 5.24 Å². The second kappa shape index (κ2) is 2.49. The minimum absolute atomic E-state index is 0.220. The van der Waals surface area contributed by atoms with Gasteiger partial charge in [-0.3, -0.25) is 4.79 Å². The topological polar surface area (TPSA) is 17.1 Å². The van der Waals surface area contributed by atoms with Crippen molar-refractivity contribution in [1.82, 2.24) is 0 Å². The Balaban J connectivity index is 2.35. The summed E-state index contributed by atoms with van der Waals surface area (Å²) in [5, 5.41) is -0.220. The Bertz CT molecular complexity index is 94.7. The van der Waals surface area contributed by atoms with Gasteiger partial charge in [-0.1, -0.05) is 12.8 Å². The van der Waals surface area contributed by atoms with Gasteiger partial charge in [-0.25, -0.2) is 0 Å². The molecule has 1 saturated carbocycles. The average Bonchev–Trinajstić information content (AvgIpc) is 2.12. The fraction of sp³-hybridized carbons (Fsp3) is 0.667. The van der Waals surface area contributed by atoms with Gasteiger partial charge in [0.05, 0.1) is 5.92 Å². The van der Waals surface area contributed by atoms with Gasteiger partial charge in [0.15, 0.2) is 0 Å². The van der Waals surface area contributed by atoms with E-state index in [1.54, 1.807) is 0 Å². The summed E-state index contributed by atoms with van der Waals surface area (Å²) >= 11 is 5.21. The highest BCUT2D eigenvalue weighted by Gasteiger charge is 2.20. The lowest BCUT2D eigenvalue weighted by Gasteiger charge is -1.95. The minimum Gasteiger partial charge on any atom is -0.281 e. The van der Waals surface area contributed by atoms with Crippen LogP contribution in [0.5, 0.6) is 0 Å². The third-order valence-electron chi connectivity index (χ3n) is 1.49. The average molecular weight is 132 g/mol. The Labute approximate surface area is 54.0 Å². The second-order valence-electron chi connectivity index (χ2n) is 2.08. The summed E-state index contributed by atoms with van der Waals surface area (Å²) in [6.07, 6.45) is 4.16. The van der Waals surface area contributed by atoms with Crippen molar-refractivity contribution in [2.24, 2.45) is 0 Å². The summed E-state index contributed by atoms with van der Waals surface area (Å²) in [6, 6.07) is 0. The van der Waals surface area contributed by atoms with Crippen molar-refractivity contribution in [1.29, 1.82) is 0 Å². The molecule has 1 rings (SSSR count). The molecule has 0 spiro atoms. The molecule has 8 heavy (non-hydrogen) atoms. The molecular weight excluding hydrogens is 124 g/mol. The van der Waals surface area contributed by atoms with Gasteiger partial charge in [0.2, 0.25) is 5.24 Å². The molecule has 1 radical (unpaired) electrons. The van der Waals surface area contributed by atoms with Gasteiger partial charge < -0.3 is 0 Å². The van der Waals surface area contributed by atoms with Crippen LogP contribution >= 0.6 is 11.6 Å². The number of hydrogen-bond acceptors (Lipinski definition) is 1. The lowest BCUT2D eigenvalue weighted by molar-refractivity contribution is -0.110. The predicted molar refractivity (Wildman–Crippen MR) is 32.6 cm³/mol. The van der Waals surface area contributed by atoms with Gasteiger partial charge in [-0.15, -0.1) is 0 Å². The maximum absolute atomic E-state index is 10.4. The first kappa shape index (κ1) is 6.09. The molecule has 0 aromatic carbocycles. The van der Waals surface area contributed by atoms with Crippen LogP contribution in [0.25, 0.3) is 0 Å². The summed E-state index contributed by atoms with van der Waals surface area (Å²) in [5.74, 6) is 0.923. The summed E-state index contributed by atoms with van der Waals surface area (Å²) < 4.78 is 0. The van der Waals surface area contributed by atoms with E-state index in [4.69, 9.17) is 11.6 Å². The molecular formula is C6H8ClO. The smallest absolute Gasteiger partial charge is 0.228 e. The first-order valence-electron chi connectivity index (χ1n) is 2.85. The molecule has 0 aromatic rings. The lowest BCUT2D eigenvalue weighted by Crippen LogP contribution is -1.98. The highest BCUT2D eigenvalue weighted by molar-refractivity contribution is 6.66. The van der Waals surface area contributed by atoms with E-state index in [0.29, 0.717) is 0 Å². The number of carbonyl (C=O) groups excluding carboxylic acids is 1. The standard InChI is InChI=1S/C6H8ClO/c7-6(8)5-3-1-2-4-5/h1-4H2. The van der Waals surface area contributed by atoms with Crippen LogP contribution in [0, 0.1) is 5.92 Å². The van der Waals surface area contributed by atoms with Crippen LogP contribution in [0.3, 0.4) is 0 Å². The largest absolute Gasteiger partial charge is 0.281 e. The van der Waals surface area contributed by atoms with E-state index >= 15 is 0 Å². The van der Waals surface area contributed by atoms with Crippen LogP contribution in [0.15, 0.2) is 0 Å². The van der Waals surface area contributed by atoms with Gasteiger partial charge in [0.1, 0.15) is 0 Å². The zero-order valence-electron chi connectivity index (χ0n) is 4.61. The number of rotatable bonds is 1. The highest BCUT2D eigenvalue weighted by Crippen LogP contribution is 2.28. The summed E-state index contributed by atoms with van der Waals surface area (Å²) in [5.41, 5.74) is 0. The fourth-order valence-corrected chi connectivity index (χ4v) is 1.19. The first-order valence-corrected chi connectivity index (χ1v) is 3.23. The van der Waals surface area contributed by atoms with Crippen LogP contribution in [0.2, 0.25) is 0 Å². The van der Waals surface area contributed by atoms with Gasteiger partial charge in [-0.2, -0.15) is 0 Å². The molecule has 1 aliphatic carbocycles. The fourth-order valence-electron chi connectivity index (χ4n) is 0.998. The van der Waals surface area contributed by atoms with Crippen molar-refractivity contribution in [2.45, 2.75) is 25.7 Å². The zero-order valence-corrected chi connectivity index (χ0v) is 5.37. The summed E-state index contributed by atoms with van der Waals surface area (Å²) in [6.45, 7) is 0. The number of carbonyl (C=O) groups is 1. The highest BCUT2D eigenvalue weighted by atomic mass is 35.5.